The molecule has 1 aromatic rings. The number of aromatic nitrogens is 2. The van der Waals surface area contributed by atoms with Crippen molar-refractivity contribution in [2.45, 2.75) is 38.9 Å². The van der Waals surface area contributed by atoms with Crippen molar-refractivity contribution in [3.63, 3.8) is 0 Å². The molecule has 1 fully saturated rings. The van der Waals surface area contributed by atoms with Crippen LogP contribution in [0.1, 0.15) is 42.6 Å². The number of nitrogens with zero attached hydrogens (tertiary/aromatic N) is 3. The van der Waals surface area contributed by atoms with E-state index in [-0.39, 0.29) is 10.7 Å². The number of aryl methyl sites for hydroxylation is 2. The first-order valence-electron chi connectivity index (χ1n) is 6.68. The summed E-state index contributed by atoms with van der Waals surface area (Å²) in [6, 6.07) is 0. The van der Waals surface area contributed by atoms with Crippen LogP contribution >= 0.6 is 11.8 Å². The second-order valence-electron chi connectivity index (χ2n) is 5.47. The fourth-order valence-corrected chi connectivity index (χ4v) is 3.44. The number of amides is 1. The maximum Gasteiger partial charge on any atom is 0.257 e. The van der Waals surface area contributed by atoms with Gasteiger partial charge in [-0.1, -0.05) is 6.92 Å². The Morgan fingerprint density at radius 1 is 1.53 bits per heavy atom. The molecule has 0 N–H and O–H groups in total. The smallest absolute Gasteiger partial charge is 0.257 e. The third kappa shape index (κ3) is 3.26. The Morgan fingerprint density at radius 2 is 2.26 bits per heavy atom. The monoisotopic (exact) mass is 279 g/mol. The van der Waals surface area contributed by atoms with Gasteiger partial charge in [-0.3, -0.25) is 4.79 Å². The zero-order valence-corrected chi connectivity index (χ0v) is 12.9. The molecule has 2 heterocycles. The highest BCUT2D eigenvalue weighted by Gasteiger charge is 2.31. The van der Waals surface area contributed by atoms with Crippen molar-refractivity contribution in [2.75, 3.05) is 18.8 Å². The van der Waals surface area contributed by atoms with Gasteiger partial charge in [-0.25, -0.2) is 9.97 Å². The highest BCUT2D eigenvalue weighted by atomic mass is 32.2. The van der Waals surface area contributed by atoms with Gasteiger partial charge in [0, 0.05) is 29.8 Å². The SMILES string of the molecule is CCc1nc(C)ncc1C(=O)N1CCSC(C)(C)C1. The Hall–Kier alpha value is -1.10. The summed E-state index contributed by atoms with van der Waals surface area (Å²) in [5, 5.41) is 0. The predicted octanol–water partition coefficient (Wildman–Crippen LogP) is 2.32. The second kappa shape index (κ2) is 5.49. The minimum Gasteiger partial charge on any atom is -0.336 e. The van der Waals surface area contributed by atoms with Crippen molar-refractivity contribution >= 4 is 17.7 Å². The fraction of sp³-hybridized carbons (Fsp3) is 0.643. The lowest BCUT2D eigenvalue weighted by Gasteiger charge is -2.37. The molecule has 1 aromatic heterocycles. The Kier molecular flexibility index (Phi) is 4.13. The molecule has 5 heteroatoms. The maximum atomic E-state index is 12.6. The zero-order valence-electron chi connectivity index (χ0n) is 12.1. The predicted molar refractivity (Wildman–Crippen MR) is 78.6 cm³/mol. The molecule has 4 nitrogen and oxygen atoms in total. The van der Waals surface area contributed by atoms with E-state index in [2.05, 4.69) is 23.8 Å². The first-order chi connectivity index (χ1) is 8.93. The van der Waals surface area contributed by atoms with Crippen molar-refractivity contribution < 1.29 is 4.79 Å². The summed E-state index contributed by atoms with van der Waals surface area (Å²) >= 11 is 1.92. The Labute approximate surface area is 119 Å². The van der Waals surface area contributed by atoms with Crippen molar-refractivity contribution in [1.82, 2.24) is 14.9 Å². The molecule has 1 saturated heterocycles. The summed E-state index contributed by atoms with van der Waals surface area (Å²) in [5.74, 6) is 1.79. The van der Waals surface area contributed by atoms with Gasteiger partial charge < -0.3 is 4.90 Å². The first kappa shape index (κ1) is 14.3. The molecule has 0 radical (unpaired) electrons. The van der Waals surface area contributed by atoms with E-state index in [9.17, 15) is 4.79 Å². The number of hydrogen-bond acceptors (Lipinski definition) is 4. The van der Waals surface area contributed by atoms with Crippen molar-refractivity contribution in [3.8, 4) is 0 Å². The maximum absolute atomic E-state index is 12.6. The minimum absolute atomic E-state index is 0.0743. The molecule has 0 bridgehead atoms. The quantitative estimate of drug-likeness (QED) is 0.833. The molecule has 0 unspecified atom stereocenters. The van der Waals surface area contributed by atoms with Crippen LogP contribution in [0.5, 0.6) is 0 Å². The largest absolute Gasteiger partial charge is 0.336 e. The normalized spacial score (nSPS) is 18.4. The lowest BCUT2D eigenvalue weighted by molar-refractivity contribution is 0.0746. The van der Waals surface area contributed by atoms with Gasteiger partial charge in [-0.15, -0.1) is 0 Å². The van der Waals surface area contributed by atoms with Gasteiger partial charge in [0.25, 0.3) is 5.91 Å². The van der Waals surface area contributed by atoms with Crippen molar-refractivity contribution in [1.29, 1.82) is 0 Å². The van der Waals surface area contributed by atoms with Crippen molar-refractivity contribution in [2.24, 2.45) is 0 Å². The topological polar surface area (TPSA) is 46.1 Å². The molecule has 104 valence electrons. The van der Waals surface area contributed by atoms with Crippen LogP contribution in [0.3, 0.4) is 0 Å². The van der Waals surface area contributed by atoms with E-state index in [1.807, 2.05) is 30.5 Å². The molecule has 1 aliphatic heterocycles. The number of thioether (sulfide) groups is 1. The van der Waals surface area contributed by atoms with Crippen LogP contribution in [0, 0.1) is 6.92 Å². The van der Waals surface area contributed by atoms with Gasteiger partial charge in [-0.05, 0) is 27.2 Å². The molecular formula is C14H21N3OS. The molecule has 0 atom stereocenters. The molecule has 2 rings (SSSR count). The van der Waals surface area contributed by atoms with Crippen LogP contribution in [-0.2, 0) is 6.42 Å². The summed E-state index contributed by atoms with van der Waals surface area (Å²) < 4.78 is 0.131. The lowest BCUT2D eigenvalue weighted by Crippen LogP contribution is -2.46. The van der Waals surface area contributed by atoms with E-state index in [1.165, 1.54) is 0 Å². The second-order valence-corrected chi connectivity index (χ2v) is 7.27. The Bertz CT molecular complexity index is 488. The standard InChI is InChI=1S/C14H21N3OS/c1-5-12-11(8-15-10(2)16-12)13(18)17-6-7-19-14(3,4)9-17/h8H,5-7,9H2,1-4H3. The van der Waals surface area contributed by atoms with Gasteiger partial charge in [0.15, 0.2) is 0 Å². The zero-order chi connectivity index (χ0) is 14.0. The molecule has 0 saturated carbocycles. The van der Waals surface area contributed by atoms with Crippen LogP contribution in [0.25, 0.3) is 0 Å². The molecule has 0 aromatic carbocycles. The first-order valence-corrected chi connectivity index (χ1v) is 7.67. The van der Waals surface area contributed by atoms with E-state index >= 15 is 0 Å². The molecule has 0 aliphatic carbocycles. The van der Waals surface area contributed by atoms with Crippen LogP contribution in [0.2, 0.25) is 0 Å². The van der Waals surface area contributed by atoms with Crippen LogP contribution in [0.15, 0.2) is 6.20 Å². The molecule has 19 heavy (non-hydrogen) atoms. The lowest BCUT2D eigenvalue weighted by atomic mass is 10.1. The highest BCUT2D eigenvalue weighted by Crippen LogP contribution is 2.30. The van der Waals surface area contributed by atoms with Gasteiger partial charge in [0.05, 0.1) is 11.3 Å². The molecular weight excluding hydrogens is 258 g/mol. The van der Waals surface area contributed by atoms with Crippen LogP contribution in [0.4, 0.5) is 0 Å². The van der Waals surface area contributed by atoms with Gasteiger partial charge in [0.2, 0.25) is 0 Å². The molecule has 1 aliphatic rings. The molecule has 0 spiro atoms. The van der Waals surface area contributed by atoms with Crippen LogP contribution < -0.4 is 0 Å². The average Bonchev–Trinajstić information content (AvgIpc) is 2.36. The third-order valence-electron chi connectivity index (χ3n) is 3.27. The summed E-state index contributed by atoms with van der Waals surface area (Å²) in [4.78, 5) is 23.1. The van der Waals surface area contributed by atoms with E-state index in [0.29, 0.717) is 5.56 Å². The number of rotatable bonds is 2. The number of hydrogen-bond donors (Lipinski definition) is 0. The third-order valence-corrected chi connectivity index (χ3v) is 4.56. The van der Waals surface area contributed by atoms with Gasteiger partial charge >= 0.3 is 0 Å². The summed E-state index contributed by atoms with van der Waals surface area (Å²) in [5.41, 5.74) is 1.52. The van der Waals surface area contributed by atoms with Gasteiger partial charge in [0.1, 0.15) is 5.82 Å². The summed E-state index contributed by atoms with van der Waals surface area (Å²) in [6.45, 7) is 9.84. The fourth-order valence-electron chi connectivity index (χ4n) is 2.33. The Morgan fingerprint density at radius 3 is 2.89 bits per heavy atom. The average molecular weight is 279 g/mol. The van der Waals surface area contributed by atoms with E-state index in [0.717, 1.165) is 36.8 Å². The van der Waals surface area contributed by atoms with E-state index < -0.39 is 0 Å². The van der Waals surface area contributed by atoms with Crippen LogP contribution in [-0.4, -0.2) is 44.4 Å². The number of carbonyl (C=O) groups is 1. The Balaban J connectivity index is 2.24. The molecule has 1 amide bonds. The van der Waals surface area contributed by atoms with Gasteiger partial charge in [-0.2, -0.15) is 11.8 Å². The highest BCUT2D eigenvalue weighted by molar-refractivity contribution is 8.00. The minimum atomic E-state index is 0.0743. The van der Waals surface area contributed by atoms with E-state index in [1.54, 1.807) is 6.20 Å². The number of carbonyl (C=O) groups excluding carboxylic acids is 1. The summed E-state index contributed by atoms with van der Waals surface area (Å²) in [6.07, 6.45) is 2.44. The van der Waals surface area contributed by atoms with Crippen molar-refractivity contribution in [3.05, 3.63) is 23.3 Å². The van der Waals surface area contributed by atoms with E-state index in [4.69, 9.17) is 0 Å². The summed E-state index contributed by atoms with van der Waals surface area (Å²) in [7, 11) is 0.